The van der Waals surface area contributed by atoms with Crippen LogP contribution < -0.4 is 5.73 Å². The Labute approximate surface area is 78.6 Å². The van der Waals surface area contributed by atoms with Crippen molar-refractivity contribution < 1.29 is 9.53 Å². The lowest BCUT2D eigenvalue weighted by atomic mass is 9.82. The highest BCUT2D eigenvalue weighted by Gasteiger charge is 2.60. The van der Waals surface area contributed by atoms with Crippen LogP contribution in [-0.2, 0) is 9.53 Å². The Balaban J connectivity index is 2.07. The van der Waals surface area contributed by atoms with Crippen LogP contribution in [0, 0.1) is 5.41 Å². The van der Waals surface area contributed by atoms with E-state index in [2.05, 4.69) is 4.74 Å². The van der Waals surface area contributed by atoms with Crippen molar-refractivity contribution in [1.29, 1.82) is 0 Å². The van der Waals surface area contributed by atoms with Crippen LogP contribution in [0.25, 0.3) is 0 Å². The van der Waals surface area contributed by atoms with Gasteiger partial charge in [0, 0.05) is 5.54 Å². The number of ether oxygens (including phenoxy) is 1. The Bertz CT molecular complexity index is 235. The maximum atomic E-state index is 11.2. The molecule has 0 aliphatic heterocycles. The summed E-state index contributed by atoms with van der Waals surface area (Å²) in [6.07, 6.45) is 6.20. The average Bonchev–Trinajstić information content (AvgIpc) is 2.79. The third-order valence-corrected chi connectivity index (χ3v) is 3.88. The summed E-state index contributed by atoms with van der Waals surface area (Å²) >= 11 is 0. The minimum absolute atomic E-state index is 0.157. The lowest BCUT2D eigenvalue weighted by molar-refractivity contribution is -0.142. The van der Waals surface area contributed by atoms with Crippen molar-refractivity contribution in [2.24, 2.45) is 11.1 Å². The van der Waals surface area contributed by atoms with Gasteiger partial charge in [0.15, 0.2) is 0 Å². The fraction of sp³-hybridized carbons (Fsp3) is 0.900. The van der Waals surface area contributed by atoms with E-state index in [4.69, 9.17) is 5.73 Å². The number of methoxy groups -OCH3 is 1. The van der Waals surface area contributed by atoms with Gasteiger partial charge >= 0.3 is 5.97 Å². The third-order valence-electron chi connectivity index (χ3n) is 3.88. The molecule has 2 rings (SSSR count). The third kappa shape index (κ3) is 1.26. The summed E-state index contributed by atoms with van der Waals surface area (Å²) in [4.78, 5) is 11.2. The zero-order valence-electron chi connectivity index (χ0n) is 8.14. The lowest BCUT2D eigenvalue weighted by Crippen LogP contribution is -2.46. The maximum absolute atomic E-state index is 11.2. The molecule has 13 heavy (non-hydrogen) atoms. The van der Waals surface area contributed by atoms with Crippen LogP contribution in [0.1, 0.15) is 38.5 Å². The smallest absolute Gasteiger partial charge is 0.307 e. The van der Waals surface area contributed by atoms with Crippen molar-refractivity contribution >= 4 is 5.97 Å². The molecule has 1 unspecified atom stereocenters. The number of hydrogen-bond donors (Lipinski definition) is 1. The van der Waals surface area contributed by atoms with Crippen LogP contribution in [0.15, 0.2) is 0 Å². The molecule has 0 saturated heterocycles. The molecule has 3 nitrogen and oxygen atoms in total. The van der Waals surface area contributed by atoms with Gasteiger partial charge in [-0.15, -0.1) is 0 Å². The van der Waals surface area contributed by atoms with Crippen molar-refractivity contribution in [3.8, 4) is 0 Å². The number of hydrogen-bond acceptors (Lipinski definition) is 3. The number of carbonyl (C=O) groups is 1. The molecule has 2 fully saturated rings. The highest BCUT2D eigenvalue weighted by Crippen LogP contribution is 2.63. The van der Waals surface area contributed by atoms with Gasteiger partial charge in [0.25, 0.3) is 0 Å². The van der Waals surface area contributed by atoms with Crippen LogP contribution in [0.4, 0.5) is 0 Å². The Morgan fingerprint density at radius 2 is 2.08 bits per heavy atom. The fourth-order valence-corrected chi connectivity index (χ4v) is 2.76. The zero-order chi connectivity index (χ0) is 9.53. The predicted octanol–water partition coefficient (Wildman–Crippen LogP) is 1.21. The van der Waals surface area contributed by atoms with E-state index in [0.717, 1.165) is 6.42 Å². The first kappa shape index (κ1) is 9.00. The second-order valence-corrected chi connectivity index (χ2v) is 4.54. The molecule has 1 atom stereocenters. The predicted molar refractivity (Wildman–Crippen MR) is 49.1 cm³/mol. The molecular formula is C10H17NO2. The van der Waals surface area contributed by atoms with E-state index < -0.39 is 0 Å². The van der Waals surface area contributed by atoms with Crippen LogP contribution >= 0.6 is 0 Å². The van der Waals surface area contributed by atoms with Gasteiger partial charge in [-0.05, 0) is 31.1 Å². The molecule has 0 aromatic rings. The second kappa shape index (κ2) is 2.71. The first-order valence-electron chi connectivity index (χ1n) is 4.98. The molecule has 0 radical (unpaired) electrons. The van der Waals surface area contributed by atoms with Gasteiger partial charge in [-0.1, -0.05) is 6.42 Å². The molecule has 2 saturated carbocycles. The van der Waals surface area contributed by atoms with Crippen molar-refractivity contribution in [2.45, 2.75) is 44.1 Å². The van der Waals surface area contributed by atoms with Crippen LogP contribution in [0.2, 0.25) is 0 Å². The molecule has 0 bridgehead atoms. The molecule has 0 amide bonds. The van der Waals surface area contributed by atoms with E-state index in [1.165, 1.54) is 32.8 Å². The molecule has 1 spiro atoms. The monoisotopic (exact) mass is 183 g/mol. The number of carbonyl (C=O) groups excluding carboxylic acids is 1. The maximum Gasteiger partial charge on any atom is 0.307 e. The van der Waals surface area contributed by atoms with Crippen LogP contribution in [-0.4, -0.2) is 18.6 Å². The Morgan fingerprint density at radius 3 is 2.62 bits per heavy atom. The van der Waals surface area contributed by atoms with Crippen molar-refractivity contribution in [3.63, 3.8) is 0 Å². The van der Waals surface area contributed by atoms with Gasteiger partial charge in [-0.3, -0.25) is 4.79 Å². The summed E-state index contributed by atoms with van der Waals surface area (Å²) < 4.78 is 4.68. The second-order valence-electron chi connectivity index (χ2n) is 4.54. The van der Waals surface area contributed by atoms with Gasteiger partial charge in [-0.25, -0.2) is 0 Å². The molecule has 0 heterocycles. The molecule has 0 aromatic heterocycles. The molecule has 3 heteroatoms. The normalized spacial score (nSPS) is 34.9. The van der Waals surface area contributed by atoms with Crippen molar-refractivity contribution in [2.75, 3.05) is 7.11 Å². The minimum atomic E-state index is -0.250. The largest absolute Gasteiger partial charge is 0.469 e. The SMILES string of the molecule is COC(=O)CC1(N)CCCC12CC2. The Morgan fingerprint density at radius 1 is 1.38 bits per heavy atom. The summed E-state index contributed by atoms with van der Waals surface area (Å²) in [5.41, 5.74) is 6.33. The van der Waals surface area contributed by atoms with E-state index in [1.807, 2.05) is 0 Å². The van der Waals surface area contributed by atoms with Gasteiger partial charge in [0.1, 0.15) is 0 Å². The van der Waals surface area contributed by atoms with E-state index >= 15 is 0 Å². The number of rotatable bonds is 2. The number of nitrogens with two attached hydrogens (primary N) is 1. The van der Waals surface area contributed by atoms with Gasteiger partial charge in [0.2, 0.25) is 0 Å². The highest BCUT2D eigenvalue weighted by molar-refractivity contribution is 5.71. The summed E-state index contributed by atoms with van der Waals surface area (Å²) in [7, 11) is 1.43. The molecule has 2 aliphatic carbocycles. The first-order valence-corrected chi connectivity index (χ1v) is 4.98. The quantitative estimate of drug-likeness (QED) is 0.655. The van der Waals surface area contributed by atoms with E-state index in [0.29, 0.717) is 11.8 Å². The first-order chi connectivity index (χ1) is 6.12. The van der Waals surface area contributed by atoms with E-state index in [9.17, 15) is 4.79 Å². The highest BCUT2D eigenvalue weighted by atomic mass is 16.5. The molecule has 0 aromatic carbocycles. The lowest BCUT2D eigenvalue weighted by Gasteiger charge is -2.30. The summed E-state index contributed by atoms with van der Waals surface area (Å²) in [6, 6.07) is 0. The van der Waals surface area contributed by atoms with Crippen LogP contribution in [0.3, 0.4) is 0 Å². The van der Waals surface area contributed by atoms with E-state index in [1.54, 1.807) is 0 Å². The number of esters is 1. The van der Waals surface area contributed by atoms with Crippen molar-refractivity contribution in [3.05, 3.63) is 0 Å². The van der Waals surface area contributed by atoms with Gasteiger partial charge < -0.3 is 10.5 Å². The topological polar surface area (TPSA) is 52.3 Å². The fourth-order valence-electron chi connectivity index (χ4n) is 2.76. The molecule has 74 valence electrons. The summed E-state index contributed by atoms with van der Waals surface area (Å²) in [5.74, 6) is -0.157. The average molecular weight is 183 g/mol. The van der Waals surface area contributed by atoms with E-state index in [-0.39, 0.29) is 11.5 Å². The van der Waals surface area contributed by atoms with Crippen molar-refractivity contribution in [1.82, 2.24) is 0 Å². The zero-order valence-corrected chi connectivity index (χ0v) is 8.14. The standard InChI is InChI=1S/C10H17NO2/c1-13-8(12)7-10(11)4-2-3-9(10)5-6-9/h2-7,11H2,1H3. The summed E-state index contributed by atoms with van der Waals surface area (Å²) in [6.45, 7) is 0. The summed E-state index contributed by atoms with van der Waals surface area (Å²) in [5, 5.41) is 0. The minimum Gasteiger partial charge on any atom is -0.469 e. The molecular weight excluding hydrogens is 166 g/mol. The molecule has 2 aliphatic rings. The Hall–Kier alpha value is -0.570. The molecule has 2 N–H and O–H groups in total. The Kier molecular flexibility index (Phi) is 1.88. The van der Waals surface area contributed by atoms with Gasteiger partial charge in [-0.2, -0.15) is 0 Å². The van der Waals surface area contributed by atoms with Gasteiger partial charge in [0.05, 0.1) is 13.5 Å². The van der Waals surface area contributed by atoms with Crippen LogP contribution in [0.5, 0.6) is 0 Å².